The summed E-state index contributed by atoms with van der Waals surface area (Å²) in [7, 11) is 1.61. The van der Waals surface area contributed by atoms with E-state index in [4.69, 9.17) is 14.9 Å². The normalized spacial score (nSPS) is 15.6. The summed E-state index contributed by atoms with van der Waals surface area (Å²) in [6.07, 6.45) is 0.0558. The van der Waals surface area contributed by atoms with Crippen LogP contribution in [0.3, 0.4) is 0 Å². The molecule has 0 fully saturated rings. The molecule has 0 amide bonds. The lowest BCUT2D eigenvalue weighted by molar-refractivity contribution is -0.119. The number of carbonyl (C=O) groups excluding carboxylic acids is 1. The third-order valence-electron chi connectivity index (χ3n) is 3.37. The van der Waals surface area contributed by atoms with Gasteiger partial charge in [-0.3, -0.25) is 4.79 Å². The molecule has 0 bridgehead atoms. The van der Waals surface area contributed by atoms with Gasteiger partial charge in [0.15, 0.2) is 6.10 Å². The van der Waals surface area contributed by atoms with Gasteiger partial charge in [0.25, 0.3) is 0 Å². The Hall–Kier alpha value is -2.62. The highest BCUT2D eigenvalue weighted by Gasteiger charge is 2.30. The Morgan fingerprint density at radius 3 is 2.80 bits per heavy atom. The largest absolute Gasteiger partial charge is 0.497 e. The molecule has 0 saturated carbocycles. The van der Waals surface area contributed by atoms with Gasteiger partial charge < -0.3 is 14.9 Å². The van der Waals surface area contributed by atoms with E-state index in [9.17, 15) is 4.79 Å². The number of nitrogens with one attached hydrogen (secondary N) is 1. The molecule has 0 aliphatic carbocycles. The number of rotatable bonds is 3. The summed E-state index contributed by atoms with van der Waals surface area (Å²) in [5, 5.41) is 7.16. The van der Waals surface area contributed by atoms with Gasteiger partial charge in [0.05, 0.1) is 13.3 Å². The number of methoxy groups -OCH3 is 1. The Balaban J connectivity index is 2.20. The van der Waals surface area contributed by atoms with Gasteiger partial charge in [-0.05, 0) is 23.8 Å². The van der Waals surface area contributed by atoms with Crippen molar-refractivity contribution in [3.63, 3.8) is 0 Å². The number of carbonyl (C=O) groups is 1. The Bertz CT molecular complexity index is 694. The smallest absolute Gasteiger partial charge is 0.218 e. The van der Waals surface area contributed by atoms with Crippen LogP contribution in [-0.4, -0.2) is 19.1 Å². The summed E-state index contributed by atoms with van der Waals surface area (Å²) in [4.78, 5) is 11.9. The number of hydrogen-bond donors (Lipinski definition) is 1. The van der Waals surface area contributed by atoms with E-state index < -0.39 is 6.10 Å². The van der Waals surface area contributed by atoms with Gasteiger partial charge in [0, 0.05) is 11.1 Å². The van der Waals surface area contributed by atoms with Crippen molar-refractivity contribution in [3.8, 4) is 22.6 Å². The zero-order valence-electron chi connectivity index (χ0n) is 10.9. The van der Waals surface area contributed by atoms with E-state index in [0.29, 0.717) is 5.75 Å². The van der Waals surface area contributed by atoms with Crippen LogP contribution >= 0.6 is 0 Å². The second-order valence-corrected chi connectivity index (χ2v) is 4.49. The average molecular weight is 267 g/mol. The van der Waals surface area contributed by atoms with Gasteiger partial charge in [0.2, 0.25) is 5.78 Å². The molecule has 3 rings (SSSR count). The van der Waals surface area contributed by atoms with E-state index in [1.807, 2.05) is 30.3 Å². The zero-order valence-corrected chi connectivity index (χ0v) is 10.9. The molecule has 0 radical (unpaired) electrons. The Kier molecular flexibility index (Phi) is 2.99. The van der Waals surface area contributed by atoms with Crippen molar-refractivity contribution in [1.29, 1.82) is 5.41 Å². The van der Waals surface area contributed by atoms with E-state index in [1.54, 1.807) is 19.2 Å². The number of hydrogen-bond acceptors (Lipinski definition) is 4. The van der Waals surface area contributed by atoms with Gasteiger partial charge in [-0.25, -0.2) is 0 Å². The Morgan fingerprint density at radius 2 is 2.05 bits per heavy atom. The van der Waals surface area contributed by atoms with Crippen molar-refractivity contribution >= 4 is 12.0 Å². The minimum atomic E-state index is -0.746. The first-order valence-electron chi connectivity index (χ1n) is 6.23. The molecular formula is C16H13NO3. The standard InChI is InChI=1S/C16H13NO3/c1-19-10-6-7-15-13(8-10)11-4-2-3-5-12(11)16(20-15)14(18)9-17/h2-9,16-17H,1H3. The lowest BCUT2D eigenvalue weighted by Gasteiger charge is -2.27. The maximum atomic E-state index is 11.9. The predicted molar refractivity (Wildman–Crippen MR) is 75.6 cm³/mol. The topological polar surface area (TPSA) is 59.4 Å². The second-order valence-electron chi connectivity index (χ2n) is 4.49. The van der Waals surface area contributed by atoms with Crippen LogP contribution in [0.5, 0.6) is 11.5 Å². The van der Waals surface area contributed by atoms with Crippen LogP contribution in [-0.2, 0) is 4.79 Å². The van der Waals surface area contributed by atoms with Crippen LogP contribution in [0, 0.1) is 5.41 Å². The lowest BCUT2D eigenvalue weighted by atomic mass is 9.91. The first kappa shape index (κ1) is 12.4. The van der Waals surface area contributed by atoms with Crippen LogP contribution in [0.25, 0.3) is 11.1 Å². The van der Waals surface area contributed by atoms with Crippen LogP contribution in [0.2, 0.25) is 0 Å². The highest BCUT2D eigenvalue weighted by atomic mass is 16.5. The van der Waals surface area contributed by atoms with E-state index >= 15 is 0 Å². The van der Waals surface area contributed by atoms with Crippen molar-refractivity contribution in [1.82, 2.24) is 0 Å². The molecule has 1 atom stereocenters. The molecule has 2 aromatic rings. The van der Waals surface area contributed by atoms with Gasteiger partial charge in [0.1, 0.15) is 11.5 Å². The summed E-state index contributed by atoms with van der Waals surface area (Å²) in [5.74, 6) is 1.00. The number of ketones is 1. The molecule has 0 saturated heterocycles. The van der Waals surface area contributed by atoms with Gasteiger partial charge in [-0.15, -0.1) is 0 Å². The molecule has 4 nitrogen and oxygen atoms in total. The molecule has 0 spiro atoms. The van der Waals surface area contributed by atoms with Crippen LogP contribution in [0.1, 0.15) is 11.7 Å². The van der Waals surface area contributed by atoms with Crippen LogP contribution < -0.4 is 9.47 Å². The van der Waals surface area contributed by atoms with E-state index in [-0.39, 0.29) is 5.78 Å². The number of benzene rings is 2. The molecule has 2 aromatic carbocycles. The molecule has 1 unspecified atom stereocenters. The fourth-order valence-electron chi connectivity index (χ4n) is 2.40. The first-order valence-corrected chi connectivity index (χ1v) is 6.23. The summed E-state index contributed by atoms with van der Waals surface area (Å²) in [6, 6.07) is 13.0. The lowest BCUT2D eigenvalue weighted by Crippen LogP contribution is -2.23. The van der Waals surface area contributed by atoms with Crippen LogP contribution in [0.15, 0.2) is 42.5 Å². The summed E-state index contributed by atoms with van der Waals surface area (Å²) in [6.45, 7) is 0. The predicted octanol–water partition coefficient (Wildman–Crippen LogP) is 3.01. The van der Waals surface area contributed by atoms with Gasteiger partial charge in [-0.1, -0.05) is 24.3 Å². The first-order chi connectivity index (χ1) is 9.74. The van der Waals surface area contributed by atoms with Crippen molar-refractivity contribution in [2.24, 2.45) is 0 Å². The summed E-state index contributed by atoms with van der Waals surface area (Å²) < 4.78 is 11.0. The minimum Gasteiger partial charge on any atom is -0.497 e. The fraction of sp³-hybridized carbons (Fsp3) is 0.125. The third kappa shape index (κ3) is 1.86. The monoisotopic (exact) mass is 267 g/mol. The van der Waals surface area contributed by atoms with Crippen molar-refractivity contribution < 1.29 is 14.3 Å². The Morgan fingerprint density at radius 1 is 1.25 bits per heavy atom. The highest BCUT2D eigenvalue weighted by Crippen LogP contribution is 2.43. The molecule has 1 aliphatic rings. The molecular weight excluding hydrogens is 254 g/mol. The van der Waals surface area contributed by atoms with Crippen molar-refractivity contribution in [2.75, 3.05) is 7.11 Å². The molecule has 1 heterocycles. The van der Waals surface area contributed by atoms with Crippen LogP contribution in [0.4, 0.5) is 0 Å². The quantitative estimate of drug-likeness (QED) is 0.869. The minimum absolute atomic E-state index is 0.362. The van der Waals surface area contributed by atoms with Gasteiger partial charge >= 0.3 is 0 Å². The summed E-state index contributed by atoms with van der Waals surface area (Å²) >= 11 is 0. The molecule has 100 valence electrons. The van der Waals surface area contributed by atoms with E-state index in [0.717, 1.165) is 28.7 Å². The van der Waals surface area contributed by atoms with Gasteiger partial charge in [-0.2, -0.15) is 0 Å². The zero-order chi connectivity index (χ0) is 14.1. The fourth-order valence-corrected chi connectivity index (χ4v) is 2.40. The molecule has 1 N–H and O–H groups in total. The van der Waals surface area contributed by atoms with E-state index in [1.165, 1.54) is 0 Å². The maximum Gasteiger partial charge on any atom is 0.218 e. The van der Waals surface area contributed by atoms with Crippen molar-refractivity contribution in [2.45, 2.75) is 6.10 Å². The second kappa shape index (κ2) is 4.81. The maximum absolute atomic E-state index is 11.9. The van der Waals surface area contributed by atoms with E-state index in [2.05, 4.69) is 0 Å². The molecule has 4 heteroatoms. The SMILES string of the molecule is COc1ccc2c(c1)-c1ccccc1C(C(=O)C=N)O2. The molecule has 1 aliphatic heterocycles. The van der Waals surface area contributed by atoms with Crippen molar-refractivity contribution in [3.05, 3.63) is 48.0 Å². The highest BCUT2D eigenvalue weighted by molar-refractivity contribution is 6.28. The average Bonchev–Trinajstić information content (AvgIpc) is 2.52. The Labute approximate surface area is 116 Å². The molecule has 0 aromatic heterocycles. The number of ether oxygens (including phenoxy) is 2. The number of Topliss-reactive ketones (excluding diaryl/α,β-unsaturated/α-hetero) is 1. The summed E-state index contributed by atoms with van der Waals surface area (Å²) in [5.41, 5.74) is 2.61. The number of fused-ring (bicyclic) bond motifs is 3. The molecule has 20 heavy (non-hydrogen) atoms. The third-order valence-corrected chi connectivity index (χ3v) is 3.37.